The highest BCUT2D eigenvalue weighted by atomic mass is 127. The number of halogens is 1. The van der Waals surface area contributed by atoms with Crippen molar-refractivity contribution in [3.8, 4) is 0 Å². The maximum atomic E-state index is 6.04. The number of morpholine rings is 1. The topological polar surface area (TPSA) is 49.3 Å². The minimum Gasteiger partial charge on any atom is -0.383 e. The first-order valence-electron chi connectivity index (χ1n) is 9.53. The zero-order valence-corrected chi connectivity index (χ0v) is 19.4. The summed E-state index contributed by atoms with van der Waals surface area (Å²) in [4.78, 5) is 9.39. The maximum absolute atomic E-state index is 6.04. The minimum absolute atomic E-state index is 0. The highest BCUT2D eigenvalue weighted by Gasteiger charge is 2.25. The summed E-state index contributed by atoms with van der Waals surface area (Å²) in [6.07, 6.45) is 0.0955. The molecule has 1 heterocycles. The molecule has 0 aliphatic carbocycles. The number of guanidine groups is 1. The van der Waals surface area contributed by atoms with Crippen molar-refractivity contribution in [3.63, 3.8) is 0 Å². The van der Waals surface area contributed by atoms with Crippen LogP contribution in [0.25, 0.3) is 0 Å². The summed E-state index contributed by atoms with van der Waals surface area (Å²) in [6, 6.07) is 8.47. The lowest BCUT2D eigenvalue weighted by atomic mass is 10.0. The van der Waals surface area contributed by atoms with Crippen LogP contribution in [0.1, 0.15) is 24.2 Å². The van der Waals surface area contributed by atoms with E-state index in [1.54, 1.807) is 7.11 Å². The second-order valence-corrected chi connectivity index (χ2v) is 6.69. The van der Waals surface area contributed by atoms with E-state index in [1.165, 1.54) is 11.1 Å². The first-order valence-corrected chi connectivity index (χ1v) is 9.53. The molecule has 27 heavy (non-hydrogen) atoms. The number of aliphatic imine (C=N–C) groups is 1. The Bertz CT molecular complexity index is 571. The van der Waals surface area contributed by atoms with E-state index in [-0.39, 0.29) is 30.1 Å². The van der Waals surface area contributed by atoms with E-state index < -0.39 is 0 Å². The predicted octanol–water partition coefficient (Wildman–Crippen LogP) is 2.53. The summed E-state index contributed by atoms with van der Waals surface area (Å²) < 4.78 is 11.2. The van der Waals surface area contributed by atoms with Gasteiger partial charge in [0.1, 0.15) is 6.10 Å². The van der Waals surface area contributed by atoms with E-state index in [4.69, 9.17) is 14.5 Å². The third-order valence-electron chi connectivity index (χ3n) is 4.66. The zero-order chi connectivity index (χ0) is 18.8. The van der Waals surface area contributed by atoms with Crippen molar-refractivity contribution in [1.82, 2.24) is 15.1 Å². The summed E-state index contributed by atoms with van der Waals surface area (Å²) in [5, 5.41) is 3.43. The third-order valence-corrected chi connectivity index (χ3v) is 4.66. The van der Waals surface area contributed by atoms with Crippen molar-refractivity contribution < 1.29 is 9.47 Å². The number of aryl methyl sites for hydroxylation is 1. The molecule has 1 aromatic carbocycles. The van der Waals surface area contributed by atoms with Crippen molar-refractivity contribution in [2.24, 2.45) is 4.99 Å². The molecule has 0 aromatic heterocycles. The second kappa shape index (κ2) is 13.3. The Morgan fingerprint density at radius 2 is 2.15 bits per heavy atom. The molecule has 1 aliphatic rings. The van der Waals surface area contributed by atoms with Gasteiger partial charge in [-0.2, -0.15) is 0 Å². The van der Waals surface area contributed by atoms with Gasteiger partial charge in [0.25, 0.3) is 0 Å². The van der Waals surface area contributed by atoms with Crippen LogP contribution < -0.4 is 5.32 Å². The molecule has 1 fully saturated rings. The molecule has 1 saturated heterocycles. The Kier molecular flexibility index (Phi) is 11.9. The van der Waals surface area contributed by atoms with Gasteiger partial charge in [0.15, 0.2) is 5.96 Å². The number of rotatable bonds is 8. The number of ether oxygens (including phenoxy) is 2. The van der Waals surface area contributed by atoms with E-state index in [1.807, 2.05) is 0 Å². The van der Waals surface area contributed by atoms with E-state index >= 15 is 0 Å². The van der Waals surface area contributed by atoms with Gasteiger partial charge >= 0.3 is 0 Å². The lowest BCUT2D eigenvalue weighted by molar-refractivity contribution is -0.00833. The molecule has 1 unspecified atom stereocenters. The first-order chi connectivity index (χ1) is 12.7. The first kappa shape index (κ1) is 24.1. The van der Waals surface area contributed by atoms with Gasteiger partial charge in [-0.25, -0.2) is 0 Å². The van der Waals surface area contributed by atoms with Crippen molar-refractivity contribution in [3.05, 3.63) is 35.4 Å². The molecule has 1 N–H and O–H groups in total. The molecule has 0 saturated carbocycles. The number of likely N-dealkylation sites (N-methyl/N-ethyl adjacent to an activating group) is 1. The van der Waals surface area contributed by atoms with Gasteiger partial charge in [0.05, 0.1) is 26.3 Å². The summed E-state index contributed by atoms with van der Waals surface area (Å²) in [5.41, 5.74) is 2.55. The summed E-state index contributed by atoms with van der Waals surface area (Å²) in [5.74, 6) is 0.981. The molecule has 2 rings (SSSR count). The predicted molar refractivity (Wildman–Crippen MR) is 122 cm³/mol. The molecule has 0 amide bonds. The lowest BCUT2D eigenvalue weighted by Gasteiger charge is -2.36. The third kappa shape index (κ3) is 7.93. The number of hydrogen-bond donors (Lipinski definition) is 1. The summed E-state index contributed by atoms with van der Waals surface area (Å²) in [6.45, 7) is 10.9. The van der Waals surface area contributed by atoms with Crippen molar-refractivity contribution in [2.45, 2.75) is 20.0 Å². The van der Waals surface area contributed by atoms with Gasteiger partial charge in [-0.05, 0) is 32.0 Å². The Balaban J connectivity index is 0.00000364. The average molecular weight is 490 g/mol. The van der Waals surface area contributed by atoms with Gasteiger partial charge in [0.2, 0.25) is 0 Å². The quantitative estimate of drug-likeness (QED) is 0.345. The highest BCUT2D eigenvalue weighted by molar-refractivity contribution is 14.0. The van der Waals surface area contributed by atoms with Gasteiger partial charge in [-0.3, -0.25) is 4.99 Å². The highest BCUT2D eigenvalue weighted by Crippen LogP contribution is 2.24. The van der Waals surface area contributed by atoms with Gasteiger partial charge in [-0.1, -0.05) is 24.3 Å². The second-order valence-electron chi connectivity index (χ2n) is 6.69. The normalized spacial score (nSPS) is 17.7. The Labute approximate surface area is 181 Å². The fourth-order valence-electron chi connectivity index (χ4n) is 3.09. The smallest absolute Gasteiger partial charge is 0.194 e. The van der Waals surface area contributed by atoms with Crippen molar-refractivity contribution >= 4 is 29.9 Å². The molecule has 1 aromatic rings. The van der Waals surface area contributed by atoms with Crippen LogP contribution in [-0.2, 0) is 9.47 Å². The SMILES string of the molecule is CCNC(=NCCN(C)CCOC)N1CCOC(c2ccccc2C)C1.I. The largest absolute Gasteiger partial charge is 0.383 e. The van der Waals surface area contributed by atoms with Crippen LogP contribution in [-0.4, -0.2) is 82.4 Å². The average Bonchev–Trinajstić information content (AvgIpc) is 2.66. The zero-order valence-electron chi connectivity index (χ0n) is 17.1. The van der Waals surface area contributed by atoms with Gasteiger partial charge in [0, 0.05) is 33.3 Å². The number of hydrogen-bond acceptors (Lipinski definition) is 4. The van der Waals surface area contributed by atoms with Crippen LogP contribution in [0.2, 0.25) is 0 Å². The Hall–Kier alpha value is -0.900. The van der Waals surface area contributed by atoms with Crippen molar-refractivity contribution in [2.75, 3.05) is 66.6 Å². The molecule has 6 nitrogen and oxygen atoms in total. The number of benzene rings is 1. The van der Waals surface area contributed by atoms with E-state index in [0.717, 1.165) is 58.4 Å². The fraction of sp³-hybridized carbons (Fsp3) is 0.650. The van der Waals surface area contributed by atoms with Crippen molar-refractivity contribution in [1.29, 1.82) is 0 Å². The molecule has 1 atom stereocenters. The fourth-order valence-corrected chi connectivity index (χ4v) is 3.09. The van der Waals surface area contributed by atoms with Crippen LogP contribution in [0.3, 0.4) is 0 Å². The number of nitrogens with one attached hydrogen (secondary N) is 1. The summed E-state index contributed by atoms with van der Waals surface area (Å²) >= 11 is 0. The molecule has 0 radical (unpaired) electrons. The number of nitrogens with zero attached hydrogens (tertiary/aromatic N) is 3. The van der Waals surface area contributed by atoms with Crippen LogP contribution in [0.15, 0.2) is 29.3 Å². The standard InChI is InChI=1S/C20H34N4O2.HI/c1-5-21-20(22-10-11-23(3)12-14-25-4)24-13-15-26-19(16-24)18-9-7-6-8-17(18)2;/h6-9,19H,5,10-16H2,1-4H3,(H,21,22);1H. The Morgan fingerprint density at radius 3 is 2.85 bits per heavy atom. The number of methoxy groups -OCH3 is 1. The van der Waals surface area contributed by atoms with Gasteiger partial charge in [-0.15, -0.1) is 24.0 Å². The molecular formula is C20H35IN4O2. The molecule has 154 valence electrons. The van der Waals surface area contributed by atoms with Crippen LogP contribution in [0, 0.1) is 6.92 Å². The summed E-state index contributed by atoms with van der Waals surface area (Å²) in [7, 11) is 3.84. The van der Waals surface area contributed by atoms with Gasteiger partial charge < -0.3 is 24.6 Å². The van der Waals surface area contributed by atoms with E-state index in [9.17, 15) is 0 Å². The molecule has 0 bridgehead atoms. The molecule has 1 aliphatic heterocycles. The molecule has 7 heteroatoms. The monoisotopic (exact) mass is 490 g/mol. The van der Waals surface area contributed by atoms with Crippen LogP contribution in [0.5, 0.6) is 0 Å². The lowest BCUT2D eigenvalue weighted by Crippen LogP contribution is -2.48. The van der Waals surface area contributed by atoms with Crippen LogP contribution >= 0.6 is 24.0 Å². The van der Waals surface area contributed by atoms with E-state index in [0.29, 0.717) is 0 Å². The van der Waals surface area contributed by atoms with E-state index in [2.05, 4.69) is 60.3 Å². The molecule has 0 spiro atoms. The van der Waals surface area contributed by atoms with Crippen LogP contribution in [0.4, 0.5) is 0 Å². The molecular weight excluding hydrogens is 455 g/mol. The maximum Gasteiger partial charge on any atom is 0.194 e. The Morgan fingerprint density at radius 1 is 1.37 bits per heavy atom. The minimum atomic E-state index is 0.